The third-order valence-corrected chi connectivity index (χ3v) is 5.29. The van der Waals surface area contributed by atoms with Gasteiger partial charge in [-0.25, -0.2) is 4.98 Å². The number of thiazole rings is 1. The van der Waals surface area contributed by atoms with E-state index in [4.69, 9.17) is 11.6 Å². The van der Waals surface area contributed by atoms with Crippen molar-refractivity contribution in [2.24, 2.45) is 0 Å². The second-order valence-electron chi connectivity index (χ2n) is 5.49. The van der Waals surface area contributed by atoms with Crippen LogP contribution in [0.5, 0.6) is 0 Å². The van der Waals surface area contributed by atoms with E-state index in [9.17, 15) is 4.79 Å². The lowest BCUT2D eigenvalue weighted by molar-refractivity contribution is 0.0660. The van der Waals surface area contributed by atoms with Crippen LogP contribution >= 0.6 is 22.9 Å². The van der Waals surface area contributed by atoms with Gasteiger partial charge in [0.15, 0.2) is 0 Å². The predicted octanol–water partition coefficient (Wildman–Crippen LogP) is 3.21. The van der Waals surface area contributed by atoms with Gasteiger partial charge in [0.1, 0.15) is 9.88 Å². The Morgan fingerprint density at radius 1 is 1.41 bits per heavy atom. The van der Waals surface area contributed by atoms with E-state index in [2.05, 4.69) is 17.2 Å². The van der Waals surface area contributed by atoms with E-state index < -0.39 is 0 Å². The summed E-state index contributed by atoms with van der Waals surface area (Å²) in [5.41, 5.74) is 1.79. The van der Waals surface area contributed by atoms with Gasteiger partial charge in [-0.3, -0.25) is 4.79 Å². The van der Waals surface area contributed by atoms with Crippen LogP contribution in [0.2, 0.25) is 5.02 Å². The second kappa shape index (κ2) is 6.36. The second-order valence-corrected chi connectivity index (χ2v) is 6.93. The molecule has 1 aliphatic rings. The molecule has 1 aromatic heterocycles. The fourth-order valence-electron chi connectivity index (χ4n) is 2.58. The molecule has 1 saturated heterocycles. The third-order valence-electron chi connectivity index (χ3n) is 3.84. The number of hydrogen-bond acceptors (Lipinski definition) is 4. The number of benzene rings is 1. The van der Waals surface area contributed by atoms with Crippen molar-refractivity contribution < 1.29 is 4.79 Å². The molecule has 4 nitrogen and oxygen atoms in total. The number of halogens is 1. The number of carbonyl (C=O) groups is 1. The monoisotopic (exact) mass is 335 g/mol. The SMILES string of the molecule is Cc1nc(-c2ccc(Cl)cc2)sc1C(=O)N1CCNC[C@@H]1C. The summed E-state index contributed by atoms with van der Waals surface area (Å²) >= 11 is 7.38. The van der Waals surface area contributed by atoms with Gasteiger partial charge in [-0.15, -0.1) is 11.3 Å². The Bertz CT molecular complexity index is 683. The van der Waals surface area contributed by atoms with Crippen molar-refractivity contribution in [3.8, 4) is 10.6 Å². The predicted molar refractivity (Wildman–Crippen MR) is 90.7 cm³/mol. The van der Waals surface area contributed by atoms with Crippen molar-refractivity contribution in [2.45, 2.75) is 19.9 Å². The van der Waals surface area contributed by atoms with Crippen molar-refractivity contribution in [3.63, 3.8) is 0 Å². The van der Waals surface area contributed by atoms with Gasteiger partial charge in [-0.05, 0) is 26.0 Å². The number of hydrogen-bond donors (Lipinski definition) is 1. The molecule has 1 fully saturated rings. The highest BCUT2D eigenvalue weighted by molar-refractivity contribution is 7.17. The lowest BCUT2D eigenvalue weighted by Gasteiger charge is -2.33. The maximum absolute atomic E-state index is 12.8. The van der Waals surface area contributed by atoms with Gasteiger partial charge in [0.2, 0.25) is 0 Å². The molecule has 0 spiro atoms. The van der Waals surface area contributed by atoms with E-state index in [0.717, 1.165) is 40.8 Å². The lowest BCUT2D eigenvalue weighted by atomic mass is 10.2. The highest BCUT2D eigenvalue weighted by Crippen LogP contribution is 2.30. The molecule has 1 N–H and O–H groups in total. The average Bonchev–Trinajstić information content (AvgIpc) is 2.90. The van der Waals surface area contributed by atoms with E-state index in [1.165, 1.54) is 11.3 Å². The molecule has 6 heteroatoms. The molecule has 1 aliphatic heterocycles. The van der Waals surface area contributed by atoms with Crippen LogP contribution in [-0.4, -0.2) is 41.5 Å². The van der Waals surface area contributed by atoms with Crippen LogP contribution in [0.15, 0.2) is 24.3 Å². The summed E-state index contributed by atoms with van der Waals surface area (Å²) < 4.78 is 0. The van der Waals surface area contributed by atoms with Gasteiger partial charge in [0, 0.05) is 36.3 Å². The topological polar surface area (TPSA) is 45.2 Å². The number of nitrogens with zero attached hydrogens (tertiary/aromatic N) is 2. The fraction of sp³-hybridized carbons (Fsp3) is 0.375. The summed E-state index contributed by atoms with van der Waals surface area (Å²) in [5.74, 6) is 0.0872. The first-order valence-electron chi connectivity index (χ1n) is 7.31. The number of carbonyl (C=O) groups excluding carboxylic acids is 1. The van der Waals surface area contributed by atoms with Crippen LogP contribution in [0.1, 0.15) is 22.3 Å². The quantitative estimate of drug-likeness (QED) is 0.916. The molecule has 0 aliphatic carbocycles. The van der Waals surface area contributed by atoms with Gasteiger partial charge in [-0.2, -0.15) is 0 Å². The summed E-state index contributed by atoms with van der Waals surface area (Å²) in [4.78, 5) is 20.0. The minimum Gasteiger partial charge on any atom is -0.333 e. The van der Waals surface area contributed by atoms with Crippen molar-refractivity contribution in [3.05, 3.63) is 39.9 Å². The summed E-state index contributed by atoms with van der Waals surface area (Å²) in [6.07, 6.45) is 0. The zero-order valence-electron chi connectivity index (χ0n) is 12.6. The number of nitrogens with one attached hydrogen (secondary N) is 1. The first kappa shape index (κ1) is 15.5. The van der Waals surface area contributed by atoms with Gasteiger partial charge in [0.25, 0.3) is 5.91 Å². The molecule has 0 radical (unpaired) electrons. The molecule has 116 valence electrons. The number of aromatic nitrogens is 1. The van der Waals surface area contributed by atoms with E-state index in [1.807, 2.05) is 36.1 Å². The molecule has 0 saturated carbocycles. The standard InChI is InChI=1S/C16H18ClN3OS/c1-10-9-18-7-8-20(10)16(21)14-11(2)19-15(22-14)12-3-5-13(17)6-4-12/h3-6,10,18H,7-9H2,1-2H3/t10-/m0/s1. The molecular formula is C16H18ClN3OS. The highest BCUT2D eigenvalue weighted by atomic mass is 35.5. The maximum Gasteiger partial charge on any atom is 0.266 e. The minimum absolute atomic E-state index is 0.0872. The Morgan fingerprint density at radius 3 is 2.82 bits per heavy atom. The zero-order chi connectivity index (χ0) is 15.7. The van der Waals surface area contributed by atoms with Crippen LogP contribution < -0.4 is 5.32 Å². The molecule has 0 bridgehead atoms. The minimum atomic E-state index is 0.0872. The molecular weight excluding hydrogens is 318 g/mol. The van der Waals surface area contributed by atoms with E-state index in [-0.39, 0.29) is 11.9 Å². The Balaban J connectivity index is 1.88. The van der Waals surface area contributed by atoms with Crippen LogP contribution in [0.4, 0.5) is 0 Å². The molecule has 1 aromatic carbocycles. The lowest BCUT2D eigenvalue weighted by Crippen LogP contribution is -2.52. The largest absolute Gasteiger partial charge is 0.333 e. The van der Waals surface area contributed by atoms with E-state index in [1.54, 1.807) is 0 Å². The molecule has 2 heterocycles. The normalized spacial score (nSPS) is 18.5. The number of amides is 1. The Hall–Kier alpha value is -1.43. The summed E-state index contributed by atoms with van der Waals surface area (Å²) in [6.45, 7) is 6.40. The first-order valence-corrected chi connectivity index (χ1v) is 8.51. The number of aryl methyl sites for hydroxylation is 1. The molecule has 22 heavy (non-hydrogen) atoms. The zero-order valence-corrected chi connectivity index (χ0v) is 14.2. The van der Waals surface area contributed by atoms with Crippen molar-refractivity contribution >= 4 is 28.8 Å². The highest BCUT2D eigenvalue weighted by Gasteiger charge is 2.27. The van der Waals surface area contributed by atoms with E-state index in [0.29, 0.717) is 5.02 Å². The molecule has 2 aromatic rings. The van der Waals surface area contributed by atoms with E-state index >= 15 is 0 Å². The van der Waals surface area contributed by atoms with Gasteiger partial charge < -0.3 is 10.2 Å². The fourth-order valence-corrected chi connectivity index (χ4v) is 3.74. The number of piperazine rings is 1. The molecule has 1 atom stereocenters. The van der Waals surface area contributed by atoms with Crippen LogP contribution in [0.25, 0.3) is 10.6 Å². The van der Waals surface area contributed by atoms with Gasteiger partial charge in [-0.1, -0.05) is 23.7 Å². The molecule has 0 unspecified atom stereocenters. The summed E-state index contributed by atoms with van der Waals surface area (Å²) in [6, 6.07) is 7.76. The maximum atomic E-state index is 12.8. The van der Waals surface area contributed by atoms with Gasteiger partial charge >= 0.3 is 0 Å². The van der Waals surface area contributed by atoms with Crippen molar-refractivity contribution in [2.75, 3.05) is 19.6 Å². The average molecular weight is 336 g/mol. The van der Waals surface area contributed by atoms with Crippen molar-refractivity contribution in [1.82, 2.24) is 15.2 Å². The first-order chi connectivity index (χ1) is 10.6. The summed E-state index contributed by atoms with van der Waals surface area (Å²) in [7, 11) is 0. The third kappa shape index (κ3) is 3.02. The summed E-state index contributed by atoms with van der Waals surface area (Å²) in [5, 5.41) is 4.86. The molecule has 1 amide bonds. The van der Waals surface area contributed by atoms with Crippen molar-refractivity contribution in [1.29, 1.82) is 0 Å². The Labute approximate surface area is 139 Å². The van der Waals surface area contributed by atoms with Crippen LogP contribution in [0, 0.1) is 6.92 Å². The van der Waals surface area contributed by atoms with Gasteiger partial charge in [0.05, 0.1) is 5.69 Å². The smallest absolute Gasteiger partial charge is 0.266 e. The Morgan fingerprint density at radius 2 is 2.14 bits per heavy atom. The van der Waals surface area contributed by atoms with Crippen LogP contribution in [-0.2, 0) is 0 Å². The molecule has 3 rings (SSSR count). The Kier molecular flexibility index (Phi) is 4.47. The van der Waals surface area contributed by atoms with Crippen LogP contribution in [0.3, 0.4) is 0 Å². The number of rotatable bonds is 2.